The minimum atomic E-state index is -1.45. The van der Waals surface area contributed by atoms with Gasteiger partial charge in [0, 0.05) is 12.5 Å². The van der Waals surface area contributed by atoms with Gasteiger partial charge in [-0.15, -0.1) is 0 Å². The topological polar surface area (TPSA) is 9.23 Å². The maximum absolute atomic E-state index is 13.5. The van der Waals surface area contributed by atoms with Crippen molar-refractivity contribution in [3.8, 4) is 0 Å². The maximum Gasteiger partial charge on any atom is 0.158 e. The number of ether oxygens (including phenoxy) is 1. The number of alkyl halides is 2. The fraction of sp³-hybridized carbons (Fsp3) is 0.909. The lowest BCUT2D eigenvalue weighted by Crippen LogP contribution is -2.41. The average Bonchev–Trinajstić information content (AvgIpc) is 2.18. The summed E-state index contributed by atoms with van der Waals surface area (Å²) in [6.07, 6.45) is -0.478. The van der Waals surface area contributed by atoms with Crippen molar-refractivity contribution in [3.63, 3.8) is 0 Å². The van der Waals surface area contributed by atoms with E-state index < -0.39 is 18.4 Å². The SMILES string of the molecule is CCC[C]1CCC(OCC)C(F)C1F. The van der Waals surface area contributed by atoms with Crippen molar-refractivity contribution in [1.82, 2.24) is 0 Å². The van der Waals surface area contributed by atoms with Gasteiger partial charge in [-0.1, -0.05) is 13.3 Å². The normalized spacial score (nSPS) is 34.7. The van der Waals surface area contributed by atoms with Gasteiger partial charge in [0.15, 0.2) is 6.17 Å². The van der Waals surface area contributed by atoms with Crippen molar-refractivity contribution >= 4 is 0 Å². The molecule has 0 spiro atoms. The monoisotopic (exact) mass is 205 g/mol. The molecule has 1 aliphatic rings. The van der Waals surface area contributed by atoms with Crippen LogP contribution in [0.25, 0.3) is 0 Å². The molecule has 0 heterocycles. The van der Waals surface area contributed by atoms with Crippen LogP contribution in [0.15, 0.2) is 0 Å². The van der Waals surface area contributed by atoms with E-state index in [9.17, 15) is 8.78 Å². The highest BCUT2D eigenvalue weighted by molar-refractivity contribution is 5.06. The van der Waals surface area contributed by atoms with Crippen LogP contribution >= 0.6 is 0 Å². The van der Waals surface area contributed by atoms with Crippen LogP contribution in [0, 0.1) is 5.92 Å². The molecule has 3 atom stereocenters. The van der Waals surface area contributed by atoms with Crippen molar-refractivity contribution in [1.29, 1.82) is 0 Å². The van der Waals surface area contributed by atoms with Gasteiger partial charge in [0.2, 0.25) is 0 Å². The molecule has 14 heavy (non-hydrogen) atoms. The van der Waals surface area contributed by atoms with Crippen LogP contribution in [0.5, 0.6) is 0 Å². The largest absolute Gasteiger partial charge is 0.375 e. The molecule has 0 saturated heterocycles. The molecule has 3 heteroatoms. The maximum atomic E-state index is 13.5. The van der Waals surface area contributed by atoms with Crippen LogP contribution in [0.4, 0.5) is 8.78 Å². The van der Waals surface area contributed by atoms with Gasteiger partial charge in [0.1, 0.15) is 6.17 Å². The van der Waals surface area contributed by atoms with Gasteiger partial charge >= 0.3 is 0 Å². The Labute approximate surface area is 84.8 Å². The molecule has 1 fully saturated rings. The molecule has 0 N–H and O–H groups in total. The highest BCUT2D eigenvalue weighted by atomic mass is 19.2. The second-order valence-corrected chi connectivity index (χ2v) is 3.79. The summed E-state index contributed by atoms with van der Waals surface area (Å²) in [6.45, 7) is 4.26. The molecule has 1 nitrogen and oxygen atoms in total. The quantitative estimate of drug-likeness (QED) is 0.684. The van der Waals surface area contributed by atoms with E-state index >= 15 is 0 Å². The highest BCUT2D eigenvalue weighted by Crippen LogP contribution is 2.35. The smallest absolute Gasteiger partial charge is 0.158 e. The van der Waals surface area contributed by atoms with Crippen LogP contribution < -0.4 is 0 Å². The number of rotatable bonds is 4. The molecule has 1 radical (unpaired) electrons. The lowest BCUT2D eigenvalue weighted by atomic mass is 9.82. The summed E-state index contributed by atoms with van der Waals surface area (Å²) >= 11 is 0. The third-order valence-electron chi connectivity index (χ3n) is 2.73. The Morgan fingerprint density at radius 3 is 2.64 bits per heavy atom. The predicted molar refractivity (Wildman–Crippen MR) is 52.6 cm³/mol. The summed E-state index contributed by atoms with van der Waals surface area (Å²) in [7, 11) is 0. The Balaban J connectivity index is 2.46. The minimum Gasteiger partial charge on any atom is -0.375 e. The molecule has 3 unspecified atom stereocenters. The van der Waals surface area contributed by atoms with E-state index in [0.29, 0.717) is 25.9 Å². The van der Waals surface area contributed by atoms with Crippen LogP contribution in [0.2, 0.25) is 0 Å². The second kappa shape index (κ2) is 5.64. The number of hydrogen-bond donors (Lipinski definition) is 0. The van der Waals surface area contributed by atoms with Crippen molar-refractivity contribution in [3.05, 3.63) is 5.92 Å². The first-order chi connectivity index (χ1) is 6.70. The van der Waals surface area contributed by atoms with Gasteiger partial charge < -0.3 is 4.74 Å². The van der Waals surface area contributed by atoms with Crippen molar-refractivity contribution < 1.29 is 13.5 Å². The van der Waals surface area contributed by atoms with E-state index in [4.69, 9.17) is 4.74 Å². The fourth-order valence-corrected chi connectivity index (χ4v) is 2.01. The van der Waals surface area contributed by atoms with Crippen molar-refractivity contribution in [2.24, 2.45) is 0 Å². The first kappa shape index (κ1) is 11.9. The molecule has 83 valence electrons. The number of hydrogen-bond acceptors (Lipinski definition) is 1. The molecular weight excluding hydrogens is 186 g/mol. The first-order valence-corrected chi connectivity index (χ1v) is 5.45. The molecule has 0 aromatic carbocycles. The summed E-state index contributed by atoms with van der Waals surface area (Å²) in [5, 5.41) is 0. The zero-order valence-corrected chi connectivity index (χ0v) is 8.93. The van der Waals surface area contributed by atoms with Gasteiger partial charge in [-0.2, -0.15) is 0 Å². The summed E-state index contributed by atoms with van der Waals surface area (Å²) in [4.78, 5) is 0. The average molecular weight is 205 g/mol. The van der Waals surface area contributed by atoms with E-state index in [0.717, 1.165) is 12.3 Å². The zero-order valence-electron chi connectivity index (χ0n) is 8.93. The molecule has 1 rings (SSSR count). The predicted octanol–water partition coefficient (Wildman–Crippen LogP) is 3.24. The third kappa shape index (κ3) is 2.66. The third-order valence-corrected chi connectivity index (χ3v) is 2.73. The number of halogens is 2. The molecule has 0 aromatic heterocycles. The Morgan fingerprint density at radius 1 is 1.36 bits per heavy atom. The summed E-state index contributed by atoms with van der Waals surface area (Å²) in [5.74, 6) is 0.732. The Kier molecular flexibility index (Phi) is 4.79. The molecule has 0 aliphatic heterocycles. The molecule has 1 aliphatic carbocycles. The second-order valence-electron chi connectivity index (χ2n) is 3.79. The van der Waals surface area contributed by atoms with Gasteiger partial charge in [-0.05, 0) is 26.2 Å². The Bertz CT molecular complexity index is 145. The molecule has 1 saturated carbocycles. The van der Waals surface area contributed by atoms with E-state index in [-0.39, 0.29) is 0 Å². The fourth-order valence-electron chi connectivity index (χ4n) is 2.01. The van der Waals surface area contributed by atoms with E-state index in [1.807, 2.05) is 13.8 Å². The van der Waals surface area contributed by atoms with E-state index in [1.54, 1.807) is 0 Å². The zero-order chi connectivity index (χ0) is 10.6. The van der Waals surface area contributed by atoms with Gasteiger partial charge in [0.25, 0.3) is 0 Å². The minimum absolute atomic E-state index is 0.459. The summed E-state index contributed by atoms with van der Waals surface area (Å²) in [5.41, 5.74) is 0. The summed E-state index contributed by atoms with van der Waals surface area (Å²) in [6, 6.07) is 0. The van der Waals surface area contributed by atoms with Crippen molar-refractivity contribution in [2.45, 2.75) is 58.0 Å². The molecular formula is C11H19F2O. The van der Waals surface area contributed by atoms with E-state index in [2.05, 4.69) is 0 Å². The highest BCUT2D eigenvalue weighted by Gasteiger charge is 2.40. The van der Waals surface area contributed by atoms with Gasteiger partial charge in [0.05, 0.1) is 6.10 Å². The van der Waals surface area contributed by atoms with E-state index in [1.165, 1.54) is 0 Å². The van der Waals surface area contributed by atoms with Gasteiger partial charge in [-0.25, -0.2) is 8.78 Å². The van der Waals surface area contributed by atoms with Crippen LogP contribution in [0.3, 0.4) is 0 Å². The Hall–Kier alpha value is -0.180. The molecule has 0 aromatic rings. The van der Waals surface area contributed by atoms with Gasteiger partial charge in [-0.3, -0.25) is 0 Å². The Morgan fingerprint density at radius 2 is 2.07 bits per heavy atom. The first-order valence-electron chi connectivity index (χ1n) is 5.45. The summed E-state index contributed by atoms with van der Waals surface area (Å²) < 4.78 is 32.2. The van der Waals surface area contributed by atoms with Crippen LogP contribution in [-0.4, -0.2) is 25.1 Å². The standard InChI is InChI=1S/C11H19F2O/c1-3-5-8-6-7-9(14-4-2)11(13)10(8)12/h9-11H,3-7H2,1-2H3. The lowest BCUT2D eigenvalue weighted by Gasteiger charge is -2.34. The van der Waals surface area contributed by atoms with Crippen molar-refractivity contribution in [2.75, 3.05) is 6.61 Å². The molecule has 0 bridgehead atoms. The van der Waals surface area contributed by atoms with Crippen LogP contribution in [-0.2, 0) is 4.74 Å². The molecule has 0 amide bonds. The lowest BCUT2D eigenvalue weighted by molar-refractivity contribution is -0.0446. The van der Waals surface area contributed by atoms with Crippen LogP contribution in [0.1, 0.15) is 39.5 Å².